The molecule has 1 atom stereocenters. The molecule has 0 fully saturated rings. The molecule has 0 bridgehead atoms. The van der Waals surface area contributed by atoms with Crippen LogP contribution in [0, 0.1) is 11.6 Å². The van der Waals surface area contributed by atoms with E-state index in [-0.39, 0.29) is 27.9 Å². The van der Waals surface area contributed by atoms with Gasteiger partial charge in [0.2, 0.25) is 15.9 Å². The third kappa shape index (κ3) is 6.02. The van der Waals surface area contributed by atoms with Crippen LogP contribution >= 0.6 is 11.6 Å². The van der Waals surface area contributed by atoms with Crippen molar-refractivity contribution in [2.24, 2.45) is 5.73 Å². The van der Waals surface area contributed by atoms with Gasteiger partial charge >= 0.3 is 0 Å². The highest BCUT2D eigenvalue weighted by Gasteiger charge is 2.36. The van der Waals surface area contributed by atoms with Crippen molar-refractivity contribution >= 4 is 33.4 Å². The number of hydrogen-bond donors (Lipinski definition) is 1. The van der Waals surface area contributed by atoms with Gasteiger partial charge in [-0.15, -0.1) is 0 Å². The van der Waals surface area contributed by atoms with Crippen molar-refractivity contribution in [2.75, 3.05) is 14.1 Å². The standard InChI is InChI=1S/C24H22ClF2N3O4S/c1-29(2)24(32)16-5-3-15(4-6-16)14-30(35(33,34)21-9-7-18(25)8-10-21)22(23(28)31)17-11-19(26)13-20(27)12-17/h3-13,22H,14H2,1-2H3,(H2,28,31). The first-order valence-corrected chi connectivity index (χ1v) is 12.1. The lowest BCUT2D eigenvalue weighted by molar-refractivity contribution is -0.122. The monoisotopic (exact) mass is 521 g/mol. The molecule has 0 aromatic heterocycles. The van der Waals surface area contributed by atoms with Crippen LogP contribution in [0.15, 0.2) is 71.6 Å². The highest BCUT2D eigenvalue weighted by atomic mass is 35.5. The number of nitrogens with zero attached hydrogens (tertiary/aromatic N) is 2. The Kier molecular flexibility index (Phi) is 7.89. The van der Waals surface area contributed by atoms with Crippen molar-refractivity contribution in [3.63, 3.8) is 0 Å². The van der Waals surface area contributed by atoms with Crippen LogP contribution in [-0.4, -0.2) is 43.5 Å². The van der Waals surface area contributed by atoms with Crippen molar-refractivity contribution in [1.29, 1.82) is 0 Å². The van der Waals surface area contributed by atoms with E-state index in [2.05, 4.69) is 0 Å². The first-order chi connectivity index (χ1) is 16.4. The Bertz CT molecular complexity index is 1330. The van der Waals surface area contributed by atoms with E-state index in [4.69, 9.17) is 17.3 Å². The van der Waals surface area contributed by atoms with Crippen LogP contribution in [0.3, 0.4) is 0 Å². The molecule has 0 saturated heterocycles. The SMILES string of the molecule is CN(C)C(=O)c1ccc(CN(C(C(N)=O)c2cc(F)cc(F)c2)S(=O)(=O)c2ccc(Cl)cc2)cc1. The summed E-state index contributed by atoms with van der Waals surface area (Å²) < 4.78 is 56.0. The van der Waals surface area contributed by atoms with Gasteiger partial charge in [-0.2, -0.15) is 4.31 Å². The Morgan fingerprint density at radius 3 is 1.97 bits per heavy atom. The molecule has 0 aliphatic heterocycles. The molecule has 1 unspecified atom stereocenters. The summed E-state index contributed by atoms with van der Waals surface area (Å²) in [7, 11) is -1.24. The van der Waals surface area contributed by atoms with E-state index in [0.717, 1.165) is 16.4 Å². The van der Waals surface area contributed by atoms with Gasteiger partial charge in [0.25, 0.3) is 5.91 Å². The second kappa shape index (κ2) is 10.5. The predicted octanol–water partition coefficient (Wildman–Crippen LogP) is 3.74. The first-order valence-electron chi connectivity index (χ1n) is 10.2. The van der Waals surface area contributed by atoms with Gasteiger partial charge in [0, 0.05) is 37.3 Å². The minimum atomic E-state index is -4.42. The fourth-order valence-electron chi connectivity index (χ4n) is 3.45. The molecule has 11 heteroatoms. The maximum Gasteiger partial charge on any atom is 0.253 e. The topological polar surface area (TPSA) is 101 Å². The normalized spacial score (nSPS) is 12.4. The minimum absolute atomic E-state index is 0.204. The number of sulfonamides is 1. The number of halogens is 3. The minimum Gasteiger partial charge on any atom is -0.368 e. The van der Waals surface area contributed by atoms with Crippen LogP contribution in [-0.2, 0) is 21.4 Å². The first kappa shape index (κ1) is 26.3. The molecule has 3 aromatic carbocycles. The van der Waals surface area contributed by atoms with E-state index in [0.29, 0.717) is 17.2 Å². The summed E-state index contributed by atoms with van der Waals surface area (Å²) in [5.41, 5.74) is 6.06. The summed E-state index contributed by atoms with van der Waals surface area (Å²) in [6, 6.07) is 11.8. The van der Waals surface area contributed by atoms with Gasteiger partial charge in [0.05, 0.1) is 4.90 Å². The van der Waals surface area contributed by atoms with E-state index in [1.807, 2.05) is 0 Å². The number of carbonyl (C=O) groups is 2. The van der Waals surface area contributed by atoms with Crippen molar-refractivity contribution in [3.05, 3.63) is 100 Å². The van der Waals surface area contributed by atoms with Gasteiger partial charge in [-0.25, -0.2) is 17.2 Å². The number of rotatable bonds is 8. The summed E-state index contributed by atoms with van der Waals surface area (Å²) in [6.07, 6.45) is 0. The number of amides is 2. The zero-order valence-electron chi connectivity index (χ0n) is 18.8. The van der Waals surface area contributed by atoms with Crippen molar-refractivity contribution in [2.45, 2.75) is 17.5 Å². The molecular weight excluding hydrogens is 500 g/mol. The lowest BCUT2D eigenvalue weighted by atomic mass is 10.0. The predicted molar refractivity (Wildman–Crippen MR) is 127 cm³/mol. The molecule has 0 aliphatic rings. The van der Waals surface area contributed by atoms with Gasteiger partial charge < -0.3 is 10.6 Å². The summed E-state index contributed by atoms with van der Waals surface area (Å²) >= 11 is 5.88. The molecule has 0 aliphatic carbocycles. The number of hydrogen-bond acceptors (Lipinski definition) is 4. The van der Waals surface area contributed by atoms with Gasteiger partial charge in [-0.05, 0) is 59.7 Å². The van der Waals surface area contributed by atoms with Gasteiger partial charge in [0.15, 0.2) is 0 Å². The maximum atomic E-state index is 14.0. The Morgan fingerprint density at radius 2 is 1.49 bits per heavy atom. The number of primary amides is 1. The summed E-state index contributed by atoms with van der Waals surface area (Å²) in [4.78, 5) is 25.9. The zero-order valence-corrected chi connectivity index (χ0v) is 20.4. The highest BCUT2D eigenvalue weighted by Crippen LogP contribution is 2.31. The summed E-state index contributed by atoms with van der Waals surface area (Å²) in [5, 5.41) is 0.287. The molecule has 184 valence electrons. The van der Waals surface area contributed by atoms with E-state index in [9.17, 15) is 26.8 Å². The number of nitrogens with two attached hydrogens (primary N) is 1. The molecule has 0 radical (unpaired) electrons. The Morgan fingerprint density at radius 1 is 0.943 bits per heavy atom. The van der Waals surface area contributed by atoms with Crippen LogP contribution in [0.2, 0.25) is 5.02 Å². The fraction of sp³-hybridized carbons (Fsp3) is 0.167. The van der Waals surface area contributed by atoms with Crippen LogP contribution in [0.5, 0.6) is 0 Å². The molecule has 2 amide bonds. The third-order valence-corrected chi connectivity index (χ3v) is 7.20. The van der Waals surface area contributed by atoms with Crippen molar-refractivity contribution in [3.8, 4) is 0 Å². The summed E-state index contributed by atoms with van der Waals surface area (Å²) in [5.74, 6) is -3.39. The molecular formula is C24H22ClF2N3O4S. The average molecular weight is 522 g/mol. The quantitative estimate of drug-likeness (QED) is 0.488. The van der Waals surface area contributed by atoms with E-state index in [1.54, 1.807) is 14.1 Å². The molecule has 7 nitrogen and oxygen atoms in total. The average Bonchev–Trinajstić information content (AvgIpc) is 2.78. The molecule has 3 rings (SSSR count). The van der Waals surface area contributed by atoms with Gasteiger partial charge in [-0.3, -0.25) is 9.59 Å². The van der Waals surface area contributed by atoms with Crippen LogP contribution in [0.25, 0.3) is 0 Å². The second-order valence-corrected chi connectivity index (χ2v) is 10.2. The zero-order chi connectivity index (χ0) is 25.9. The Labute approximate surface area is 206 Å². The Balaban J connectivity index is 2.13. The number of benzene rings is 3. The van der Waals surface area contributed by atoms with E-state index >= 15 is 0 Å². The number of carbonyl (C=O) groups excluding carboxylic acids is 2. The lowest BCUT2D eigenvalue weighted by Crippen LogP contribution is -2.41. The molecule has 2 N–H and O–H groups in total. The van der Waals surface area contributed by atoms with E-state index in [1.165, 1.54) is 53.4 Å². The van der Waals surface area contributed by atoms with Crippen LogP contribution in [0.4, 0.5) is 8.78 Å². The highest BCUT2D eigenvalue weighted by molar-refractivity contribution is 7.89. The lowest BCUT2D eigenvalue weighted by Gasteiger charge is -2.29. The smallest absolute Gasteiger partial charge is 0.253 e. The molecule has 0 heterocycles. The fourth-order valence-corrected chi connectivity index (χ4v) is 5.15. The molecule has 0 spiro atoms. The van der Waals surface area contributed by atoms with Crippen LogP contribution in [0.1, 0.15) is 27.5 Å². The Hall–Kier alpha value is -3.34. The maximum absolute atomic E-state index is 14.0. The molecule has 35 heavy (non-hydrogen) atoms. The second-order valence-electron chi connectivity index (χ2n) is 7.91. The molecule has 3 aromatic rings. The van der Waals surface area contributed by atoms with Gasteiger partial charge in [-0.1, -0.05) is 23.7 Å². The van der Waals surface area contributed by atoms with E-state index < -0.39 is 33.6 Å². The summed E-state index contributed by atoms with van der Waals surface area (Å²) in [6.45, 7) is -0.382. The largest absolute Gasteiger partial charge is 0.368 e. The van der Waals surface area contributed by atoms with Gasteiger partial charge in [0.1, 0.15) is 17.7 Å². The third-order valence-electron chi connectivity index (χ3n) is 5.12. The van der Waals surface area contributed by atoms with Crippen molar-refractivity contribution < 1.29 is 26.8 Å². The van der Waals surface area contributed by atoms with Crippen molar-refractivity contribution in [1.82, 2.24) is 9.21 Å². The van der Waals surface area contributed by atoms with Crippen LogP contribution < -0.4 is 5.73 Å². The molecule has 0 saturated carbocycles.